The van der Waals surface area contributed by atoms with Crippen molar-refractivity contribution in [2.45, 2.75) is 36.3 Å². The average Bonchev–Trinajstić information content (AvgIpc) is 2.50. The van der Waals surface area contributed by atoms with E-state index in [-0.39, 0.29) is 6.92 Å². The Morgan fingerprint density at radius 1 is 1.07 bits per heavy atom. The number of halogens is 8. The van der Waals surface area contributed by atoms with E-state index in [0.29, 0.717) is 11.4 Å². The fourth-order valence-electron chi connectivity index (χ4n) is 1.55. The van der Waals surface area contributed by atoms with E-state index in [4.69, 9.17) is 0 Å². The van der Waals surface area contributed by atoms with Crippen molar-refractivity contribution in [1.29, 1.82) is 0 Å². The third-order valence-electron chi connectivity index (χ3n) is 3.14. The lowest BCUT2D eigenvalue weighted by molar-refractivity contribution is -0.297. The Kier molecular flexibility index (Phi) is 6.72. The second-order valence-corrected chi connectivity index (χ2v) is 6.84. The van der Waals surface area contributed by atoms with E-state index in [1.807, 2.05) is 0 Å². The third kappa shape index (κ3) is 5.57. The molecule has 16 heteroatoms. The Bertz CT molecular complexity index is 796. The van der Waals surface area contributed by atoms with Crippen LogP contribution in [0.4, 0.5) is 39.9 Å². The minimum absolute atomic E-state index is 0.369. The van der Waals surface area contributed by atoms with E-state index >= 15 is 0 Å². The number of carbonyl (C=O) groups excluding carboxylic acids is 1. The van der Waals surface area contributed by atoms with E-state index in [2.05, 4.69) is 4.74 Å². The summed E-state index contributed by atoms with van der Waals surface area (Å²) in [4.78, 5) is 11.8. The first-order chi connectivity index (χ1) is 12.5. The summed E-state index contributed by atoms with van der Waals surface area (Å²) in [6.45, 7) is -3.66. The van der Waals surface area contributed by atoms with E-state index < -0.39 is 51.2 Å². The van der Waals surface area contributed by atoms with Crippen molar-refractivity contribution in [2.24, 2.45) is 0 Å². The fraction of sp³-hybridized carbons (Fsp3) is 0.417. The molecule has 0 saturated carbocycles. The highest BCUT2D eigenvalue weighted by atomic mass is 32.2. The maximum absolute atomic E-state index is 12.7. The summed E-state index contributed by atoms with van der Waals surface area (Å²) in [7, 11) is -4.75. The van der Waals surface area contributed by atoms with Gasteiger partial charge >= 0.3 is 25.0 Å². The molecule has 1 rings (SSSR count). The summed E-state index contributed by atoms with van der Waals surface area (Å²) in [5, 5.41) is 0.584. The molecule has 0 aliphatic heterocycles. The monoisotopic (exact) mass is 445 g/mol. The van der Waals surface area contributed by atoms with Crippen LogP contribution >= 0.6 is 0 Å². The predicted octanol–water partition coefficient (Wildman–Crippen LogP) is 2.66. The Morgan fingerprint density at radius 2 is 1.61 bits per heavy atom. The number of amides is 2. The van der Waals surface area contributed by atoms with Crippen molar-refractivity contribution in [3.8, 4) is 5.75 Å². The van der Waals surface area contributed by atoms with Crippen LogP contribution in [0, 0.1) is 0 Å². The first-order valence-corrected chi connectivity index (χ1v) is 8.26. The van der Waals surface area contributed by atoms with Gasteiger partial charge in [-0.15, -0.1) is 4.83 Å². The Balaban J connectivity index is 2.92. The molecular weight excluding hydrogens is 434 g/mol. The molecule has 0 spiro atoms. The molecule has 3 N–H and O–H groups in total. The molecule has 0 atom stereocenters. The highest BCUT2D eigenvalue weighted by Crippen LogP contribution is 2.42. The van der Waals surface area contributed by atoms with Gasteiger partial charge in [-0.25, -0.2) is 13.2 Å². The SMILES string of the molecule is CC(NC(=O)NNS(=O)(=O)c1cccc(OC(F)F)c1)(C(F)(F)F)C(F)(F)F. The zero-order valence-electron chi connectivity index (χ0n) is 13.5. The van der Waals surface area contributed by atoms with Crippen molar-refractivity contribution in [2.75, 3.05) is 0 Å². The summed E-state index contributed by atoms with van der Waals surface area (Å²) in [6.07, 6.45) is -11.9. The van der Waals surface area contributed by atoms with E-state index in [1.54, 1.807) is 0 Å². The van der Waals surface area contributed by atoms with Gasteiger partial charge in [0.2, 0.25) is 5.54 Å². The van der Waals surface area contributed by atoms with Gasteiger partial charge in [-0.3, -0.25) is 5.43 Å². The van der Waals surface area contributed by atoms with Gasteiger partial charge < -0.3 is 10.1 Å². The molecule has 0 fully saturated rings. The van der Waals surface area contributed by atoms with Crippen LogP contribution in [-0.2, 0) is 10.0 Å². The second kappa shape index (κ2) is 7.94. The van der Waals surface area contributed by atoms with Crippen LogP contribution in [0.5, 0.6) is 5.75 Å². The summed E-state index contributed by atoms with van der Waals surface area (Å²) in [5.41, 5.74) is -3.58. The molecule has 28 heavy (non-hydrogen) atoms. The largest absolute Gasteiger partial charge is 0.435 e. The van der Waals surface area contributed by atoms with E-state index in [0.717, 1.165) is 23.6 Å². The number of nitrogens with one attached hydrogen (secondary N) is 3. The molecule has 0 aromatic heterocycles. The lowest BCUT2D eigenvalue weighted by Gasteiger charge is -2.34. The molecular formula is C12H11F8N3O4S. The molecule has 7 nitrogen and oxygen atoms in total. The number of hydrogen-bond acceptors (Lipinski definition) is 4. The number of hydrogen-bond donors (Lipinski definition) is 3. The predicted molar refractivity (Wildman–Crippen MR) is 75.6 cm³/mol. The zero-order chi connectivity index (χ0) is 22.0. The smallest absolute Gasteiger partial charge is 0.420 e. The number of carbonyl (C=O) groups is 1. The van der Waals surface area contributed by atoms with Crippen LogP contribution in [0.25, 0.3) is 0 Å². The Labute approximate surface area is 152 Å². The minimum atomic E-state index is -5.96. The summed E-state index contributed by atoms with van der Waals surface area (Å²) in [5.74, 6) is -0.607. The van der Waals surface area contributed by atoms with Crippen molar-refractivity contribution in [3.05, 3.63) is 24.3 Å². The molecule has 1 aromatic carbocycles. The molecule has 0 bridgehead atoms. The van der Waals surface area contributed by atoms with Crippen molar-refractivity contribution in [1.82, 2.24) is 15.6 Å². The van der Waals surface area contributed by atoms with Gasteiger partial charge in [0, 0.05) is 6.07 Å². The first-order valence-electron chi connectivity index (χ1n) is 6.78. The molecule has 0 heterocycles. The maximum atomic E-state index is 12.7. The molecule has 0 saturated heterocycles. The molecule has 160 valence electrons. The van der Waals surface area contributed by atoms with Gasteiger partial charge in [0.25, 0.3) is 10.0 Å². The molecule has 0 unspecified atom stereocenters. The Hall–Kier alpha value is -2.36. The van der Waals surface area contributed by atoms with E-state index in [1.165, 1.54) is 4.83 Å². The number of benzene rings is 1. The van der Waals surface area contributed by atoms with Crippen LogP contribution < -0.4 is 20.3 Å². The van der Waals surface area contributed by atoms with Crippen molar-refractivity contribution in [3.63, 3.8) is 0 Å². The number of hydrazine groups is 1. The van der Waals surface area contributed by atoms with Crippen LogP contribution in [0.15, 0.2) is 29.2 Å². The van der Waals surface area contributed by atoms with Crippen LogP contribution in [-0.4, -0.2) is 39.0 Å². The normalized spacial score (nSPS) is 13.4. The number of sulfonamides is 1. The summed E-state index contributed by atoms with van der Waals surface area (Å²) >= 11 is 0. The molecule has 0 radical (unpaired) electrons. The van der Waals surface area contributed by atoms with Crippen LogP contribution in [0.2, 0.25) is 0 Å². The quantitative estimate of drug-likeness (QED) is 0.464. The lowest BCUT2D eigenvalue weighted by atomic mass is 10.0. The maximum Gasteiger partial charge on any atom is 0.420 e. The van der Waals surface area contributed by atoms with E-state index in [9.17, 15) is 48.3 Å². The number of ether oxygens (including phenoxy) is 1. The standard InChI is InChI=1S/C12H11F8N3O4S/c1-10(11(15,16)17,12(18,19)20)21-9(24)22-23-28(25,26)7-4-2-3-6(5-7)27-8(13)14/h2-5,8,23H,1H3,(H2,21,22,24). The highest BCUT2D eigenvalue weighted by molar-refractivity contribution is 7.89. The van der Waals surface area contributed by atoms with Gasteiger partial charge in [-0.1, -0.05) is 6.07 Å². The van der Waals surface area contributed by atoms with Gasteiger partial charge in [0.1, 0.15) is 5.75 Å². The summed E-state index contributed by atoms with van der Waals surface area (Å²) < 4.78 is 128. The molecule has 0 aliphatic carbocycles. The van der Waals surface area contributed by atoms with Crippen LogP contribution in [0.1, 0.15) is 6.92 Å². The zero-order valence-corrected chi connectivity index (χ0v) is 14.3. The van der Waals surface area contributed by atoms with Gasteiger partial charge in [0.15, 0.2) is 0 Å². The molecule has 0 aliphatic rings. The number of rotatable bonds is 6. The molecule has 2 amide bonds. The molecule has 1 aromatic rings. The highest BCUT2D eigenvalue weighted by Gasteiger charge is 2.68. The lowest BCUT2D eigenvalue weighted by Crippen LogP contribution is -2.67. The minimum Gasteiger partial charge on any atom is -0.435 e. The average molecular weight is 445 g/mol. The summed E-state index contributed by atoms with van der Waals surface area (Å²) in [6, 6.07) is 1.13. The topological polar surface area (TPSA) is 96.5 Å². The van der Waals surface area contributed by atoms with Crippen LogP contribution in [0.3, 0.4) is 0 Å². The number of urea groups is 1. The third-order valence-corrected chi connectivity index (χ3v) is 4.38. The van der Waals surface area contributed by atoms with Crippen molar-refractivity contribution < 1.29 is 53.1 Å². The fourth-order valence-corrected chi connectivity index (χ4v) is 2.42. The van der Waals surface area contributed by atoms with Gasteiger partial charge in [-0.05, 0) is 19.1 Å². The van der Waals surface area contributed by atoms with Crippen molar-refractivity contribution >= 4 is 16.1 Å². The van der Waals surface area contributed by atoms with Gasteiger partial charge in [-0.2, -0.15) is 35.1 Å². The van der Waals surface area contributed by atoms with Gasteiger partial charge in [0.05, 0.1) is 4.90 Å². The first kappa shape index (κ1) is 23.7. The Morgan fingerprint density at radius 3 is 2.07 bits per heavy atom. The number of alkyl halides is 8. The second-order valence-electron chi connectivity index (χ2n) is 5.16.